The highest BCUT2D eigenvalue weighted by Gasteiger charge is 2.10. The molecule has 2 rings (SSSR count). The summed E-state index contributed by atoms with van der Waals surface area (Å²) < 4.78 is 0. The van der Waals surface area contributed by atoms with Crippen molar-refractivity contribution in [2.24, 2.45) is 5.16 Å². The maximum absolute atomic E-state index is 4.89. The molecule has 0 unspecified atom stereocenters. The molecular formula is C16H17NO. The highest BCUT2D eigenvalue weighted by Crippen LogP contribution is 2.26. The predicted molar refractivity (Wildman–Crippen MR) is 75.8 cm³/mol. The summed E-state index contributed by atoms with van der Waals surface area (Å²) in [6.45, 7) is 4.06. The molecular weight excluding hydrogens is 222 g/mol. The van der Waals surface area contributed by atoms with Crippen molar-refractivity contribution in [3.05, 3.63) is 59.7 Å². The number of aryl methyl sites for hydroxylation is 1. The minimum atomic E-state index is 0.898. The second-order valence-corrected chi connectivity index (χ2v) is 4.22. The zero-order valence-electron chi connectivity index (χ0n) is 11.0. The van der Waals surface area contributed by atoms with Gasteiger partial charge >= 0.3 is 0 Å². The first-order chi connectivity index (χ1) is 8.74. The molecule has 0 radical (unpaired) electrons. The van der Waals surface area contributed by atoms with E-state index in [9.17, 15) is 0 Å². The van der Waals surface area contributed by atoms with Gasteiger partial charge in [-0.25, -0.2) is 0 Å². The van der Waals surface area contributed by atoms with E-state index in [4.69, 9.17) is 4.84 Å². The fourth-order valence-electron chi connectivity index (χ4n) is 2.19. The normalized spacial score (nSPS) is 11.4. The van der Waals surface area contributed by atoms with E-state index < -0.39 is 0 Å². The largest absolute Gasteiger partial charge is 0.399 e. The highest BCUT2D eigenvalue weighted by molar-refractivity contribution is 6.05. The number of rotatable bonds is 3. The van der Waals surface area contributed by atoms with Crippen molar-refractivity contribution in [2.75, 3.05) is 7.11 Å². The predicted octanol–water partition coefficient (Wildman–Crippen LogP) is 4.03. The Labute approximate surface area is 108 Å². The summed E-state index contributed by atoms with van der Waals surface area (Å²) in [6, 6.07) is 16.6. The lowest BCUT2D eigenvalue weighted by atomic mass is 9.93. The molecule has 0 aliphatic carbocycles. The zero-order chi connectivity index (χ0) is 13.0. The number of nitrogens with zero attached hydrogens (tertiary/aromatic N) is 1. The Morgan fingerprint density at radius 3 is 2.39 bits per heavy atom. The van der Waals surface area contributed by atoms with Crippen LogP contribution in [-0.2, 0) is 4.84 Å². The third-order valence-electron chi connectivity index (χ3n) is 2.95. The third-order valence-corrected chi connectivity index (χ3v) is 2.95. The summed E-state index contributed by atoms with van der Waals surface area (Å²) in [4.78, 5) is 4.89. The Morgan fingerprint density at radius 2 is 1.72 bits per heavy atom. The molecule has 0 amide bonds. The zero-order valence-corrected chi connectivity index (χ0v) is 11.0. The van der Waals surface area contributed by atoms with Gasteiger partial charge in [-0.15, -0.1) is 0 Å². The fraction of sp³-hybridized carbons (Fsp3) is 0.188. The van der Waals surface area contributed by atoms with Crippen molar-refractivity contribution in [3.8, 4) is 11.1 Å². The van der Waals surface area contributed by atoms with Crippen LogP contribution in [0, 0.1) is 6.92 Å². The maximum Gasteiger partial charge on any atom is 0.106 e. The van der Waals surface area contributed by atoms with Crippen molar-refractivity contribution in [1.82, 2.24) is 0 Å². The molecule has 0 atom stereocenters. The molecule has 0 saturated carbocycles. The van der Waals surface area contributed by atoms with Gasteiger partial charge in [0.25, 0.3) is 0 Å². The molecule has 0 spiro atoms. The number of hydrogen-bond acceptors (Lipinski definition) is 2. The van der Waals surface area contributed by atoms with Crippen LogP contribution in [0.25, 0.3) is 11.1 Å². The van der Waals surface area contributed by atoms with Crippen LogP contribution < -0.4 is 0 Å². The highest BCUT2D eigenvalue weighted by atomic mass is 16.6. The summed E-state index contributed by atoms with van der Waals surface area (Å²) in [5.74, 6) is 0. The quantitative estimate of drug-likeness (QED) is 0.585. The van der Waals surface area contributed by atoms with Crippen molar-refractivity contribution in [3.63, 3.8) is 0 Å². The molecule has 0 aliphatic heterocycles. The summed E-state index contributed by atoms with van der Waals surface area (Å²) in [6.07, 6.45) is 0. The van der Waals surface area contributed by atoms with E-state index in [1.807, 2.05) is 25.1 Å². The first-order valence-electron chi connectivity index (χ1n) is 5.97. The monoisotopic (exact) mass is 239 g/mol. The number of oxime groups is 1. The van der Waals surface area contributed by atoms with Gasteiger partial charge in [0.1, 0.15) is 7.11 Å². The average Bonchev–Trinajstić information content (AvgIpc) is 2.39. The molecule has 2 aromatic carbocycles. The van der Waals surface area contributed by atoms with Gasteiger partial charge in [-0.2, -0.15) is 0 Å². The first-order valence-corrected chi connectivity index (χ1v) is 5.97. The van der Waals surface area contributed by atoms with Crippen molar-refractivity contribution in [1.29, 1.82) is 0 Å². The molecule has 0 aromatic heterocycles. The van der Waals surface area contributed by atoms with Crippen LogP contribution >= 0.6 is 0 Å². The second kappa shape index (κ2) is 5.50. The van der Waals surface area contributed by atoms with Crippen molar-refractivity contribution < 1.29 is 4.84 Å². The molecule has 0 heterocycles. The molecule has 0 bridgehead atoms. The van der Waals surface area contributed by atoms with Gasteiger partial charge in [0.05, 0.1) is 5.71 Å². The lowest BCUT2D eigenvalue weighted by molar-refractivity contribution is 0.213. The molecule has 0 saturated heterocycles. The van der Waals surface area contributed by atoms with Gasteiger partial charge in [-0.3, -0.25) is 0 Å². The summed E-state index contributed by atoms with van der Waals surface area (Å²) in [5.41, 5.74) is 5.63. The van der Waals surface area contributed by atoms with Gasteiger partial charge < -0.3 is 4.84 Å². The van der Waals surface area contributed by atoms with E-state index in [2.05, 4.69) is 42.4 Å². The summed E-state index contributed by atoms with van der Waals surface area (Å²) >= 11 is 0. The lowest BCUT2D eigenvalue weighted by Gasteiger charge is -2.12. The van der Waals surface area contributed by atoms with E-state index >= 15 is 0 Å². The van der Waals surface area contributed by atoms with Crippen LogP contribution in [0.4, 0.5) is 0 Å². The van der Waals surface area contributed by atoms with Gasteiger partial charge in [-0.05, 0) is 30.5 Å². The molecule has 0 N–H and O–H groups in total. The van der Waals surface area contributed by atoms with Crippen LogP contribution in [0.2, 0.25) is 0 Å². The first kappa shape index (κ1) is 12.4. The van der Waals surface area contributed by atoms with Gasteiger partial charge in [0, 0.05) is 5.56 Å². The molecule has 0 fully saturated rings. The molecule has 92 valence electrons. The summed E-state index contributed by atoms with van der Waals surface area (Å²) in [5, 5.41) is 4.06. The standard InChI is InChI=1S/C16H17NO/c1-12-8-7-11-15(14-9-5-4-6-10-14)16(12)13(2)17-18-3/h4-11H,1-3H3. The minimum Gasteiger partial charge on any atom is -0.399 e. The molecule has 2 nitrogen and oxygen atoms in total. The van der Waals surface area contributed by atoms with E-state index in [0.717, 1.165) is 11.3 Å². The van der Waals surface area contributed by atoms with E-state index in [1.165, 1.54) is 16.7 Å². The van der Waals surface area contributed by atoms with Crippen LogP contribution in [0.15, 0.2) is 53.7 Å². The van der Waals surface area contributed by atoms with Crippen molar-refractivity contribution >= 4 is 5.71 Å². The molecule has 0 aliphatic rings. The number of benzene rings is 2. The Balaban J connectivity index is 2.62. The van der Waals surface area contributed by atoms with Crippen LogP contribution in [0.3, 0.4) is 0 Å². The van der Waals surface area contributed by atoms with Crippen LogP contribution in [0.1, 0.15) is 18.1 Å². The van der Waals surface area contributed by atoms with E-state index in [0.29, 0.717) is 0 Å². The lowest BCUT2D eigenvalue weighted by Crippen LogP contribution is -2.02. The SMILES string of the molecule is CON=C(C)c1c(C)cccc1-c1ccccc1. The molecule has 2 aromatic rings. The Bertz CT molecular complexity index is 559. The molecule has 18 heavy (non-hydrogen) atoms. The summed E-state index contributed by atoms with van der Waals surface area (Å²) in [7, 11) is 1.57. The maximum atomic E-state index is 4.89. The van der Waals surface area contributed by atoms with E-state index in [-0.39, 0.29) is 0 Å². The third kappa shape index (κ3) is 2.43. The second-order valence-electron chi connectivity index (χ2n) is 4.22. The molecule has 2 heteroatoms. The van der Waals surface area contributed by atoms with Gasteiger partial charge in [0.2, 0.25) is 0 Å². The smallest absolute Gasteiger partial charge is 0.106 e. The topological polar surface area (TPSA) is 21.6 Å². The Hall–Kier alpha value is -2.09. The van der Waals surface area contributed by atoms with Crippen LogP contribution in [-0.4, -0.2) is 12.8 Å². The number of hydrogen-bond donors (Lipinski definition) is 0. The van der Waals surface area contributed by atoms with Crippen LogP contribution in [0.5, 0.6) is 0 Å². The van der Waals surface area contributed by atoms with E-state index in [1.54, 1.807) is 7.11 Å². The van der Waals surface area contributed by atoms with Gasteiger partial charge in [-0.1, -0.05) is 53.7 Å². The average molecular weight is 239 g/mol. The Kier molecular flexibility index (Phi) is 3.78. The fourth-order valence-corrected chi connectivity index (χ4v) is 2.19. The van der Waals surface area contributed by atoms with Crippen molar-refractivity contribution in [2.45, 2.75) is 13.8 Å². The minimum absolute atomic E-state index is 0.898. The van der Waals surface area contributed by atoms with Gasteiger partial charge in [0.15, 0.2) is 0 Å². The Morgan fingerprint density at radius 1 is 1.00 bits per heavy atom.